The molecule has 1 saturated heterocycles. The van der Waals surface area contributed by atoms with E-state index in [9.17, 15) is 9.59 Å². The lowest BCUT2D eigenvalue weighted by atomic mass is 9.85. The van der Waals surface area contributed by atoms with Gasteiger partial charge in [0.2, 0.25) is 5.91 Å². The maximum Gasteiger partial charge on any atom is 0.250 e. The molecule has 2 amide bonds. The Morgan fingerprint density at radius 2 is 1.45 bits per heavy atom. The Kier molecular flexibility index (Phi) is 6.88. The number of benzene rings is 2. The average molecular weight is 459 g/mol. The van der Waals surface area contributed by atoms with Gasteiger partial charge in [0.15, 0.2) is 0 Å². The number of carbonyl (C=O) groups excluding carboxylic acids is 2. The van der Waals surface area contributed by atoms with Crippen molar-refractivity contribution in [3.8, 4) is 0 Å². The number of nitrogens with zero attached hydrogens (tertiary/aromatic N) is 2. The lowest BCUT2D eigenvalue weighted by molar-refractivity contribution is -0.159. The zero-order chi connectivity index (χ0) is 22.0. The van der Waals surface area contributed by atoms with E-state index in [1.807, 2.05) is 41.3 Å². The van der Waals surface area contributed by atoms with Crippen LogP contribution in [0.1, 0.15) is 49.8 Å². The molecule has 0 radical (unpaired) electrons. The molecule has 4 nitrogen and oxygen atoms in total. The van der Waals surface area contributed by atoms with Crippen molar-refractivity contribution in [2.24, 2.45) is 5.92 Å². The minimum atomic E-state index is -0.606. The van der Waals surface area contributed by atoms with E-state index < -0.39 is 6.04 Å². The topological polar surface area (TPSA) is 40.6 Å². The lowest BCUT2D eigenvalue weighted by Crippen LogP contribution is -2.59. The van der Waals surface area contributed by atoms with Crippen LogP contribution in [0, 0.1) is 5.92 Å². The summed E-state index contributed by atoms with van der Waals surface area (Å²) in [7, 11) is 0. The Labute approximate surface area is 194 Å². The van der Waals surface area contributed by atoms with Gasteiger partial charge in [-0.1, -0.05) is 54.4 Å². The van der Waals surface area contributed by atoms with Gasteiger partial charge in [-0.2, -0.15) is 0 Å². The van der Waals surface area contributed by atoms with E-state index in [1.165, 1.54) is 0 Å². The second kappa shape index (κ2) is 9.62. The highest BCUT2D eigenvalue weighted by molar-refractivity contribution is 6.30. The number of piperazine rings is 1. The van der Waals surface area contributed by atoms with Crippen molar-refractivity contribution >= 4 is 35.0 Å². The highest BCUT2D eigenvalue weighted by atomic mass is 35.5. The van der Waals surface area contributed by atoms with E-state index in [2.05, 4.69) is 6.92 Å². The second-order valence-corrected chi connectivity index (χ2v) is 9.67. The van der Waals surface area contributed by atoms with E-state index in [-0.39, 0.29) is 24.4 Å². The molecule has 1 heterocycles. The summed E-state index contributed by atoms with van der Waals surface area (Å²) in [4.78, 5) is 30.5. The Hall–Kier alpha value is -2.04. The van der Waals surface area contributed by atoms with Crippen molar-refractivity contribution in [3.63, 3.8) is 0 Å². The van der Waals surface area contributed by atoms with Gasteiger partial charge in [-0.3, -0.25) is 9.59 Å². The first kappa shape index (κ1) is 22.2. The maximum atomic E-state index is 13.7. The first-order valence-electron chi connectivity index (χ1n) is 11.0. The van der Waals surface area contributed by atoms with Gasteiger partial charge < -0.3 is 9.80 Å². The summed E-state index contributed by atoms with van der Waals surface area (Å²) in [5, 5.41) is 1.30. The van der Waals surface area contributed by atoms with Crippen molar-refractivity contribution in [1.29, 1.82) is 0 Å². The zero-order valence-corrected chi connectivity index (χ0v) is 19.3. The van der Waals surface area contributed by atoms with Crippen LogP contribution in [0.5, 0.6) is 0 Å². The monoisotopic (exact) mass is 458 g/mol. The van der Waals surface area contributed by atoms with E-state index in [0.717, 1.165) is 36.8 Å². The van der Waals surface area contributed by atoms with Gasteiger partial charge in [-0.05, 0) is 73.4 Å². The number of rotatable bonds is 5. The van der Waals surface area contributed by atoms with Crippen molar-refractivity contribution in [1.82, 2.24) is 9.80 Å². The largest absolute Gasteiger partial charge is 0.328 e. The Balaban J connectivity index is 1.58. The van der Waals surface area contributed by atoms with E-state index in [1.54, 1.807) is 17.0 Å². The molecule has 164 valence electrons. The Morgan fingerprint density at radius 1 is 0.871 bits per heavy atom. The fraction of sp³-hybridized carbons (Fsp3) is 0.440. The van der Waals surface area contributed by atoms with Crippen LogP contribution < -0.4 is 0 Å². The number of amides is 2. The third-order valence-electron chi connectivity index (χ3n) is 6.62. The fourth-order valence-electron chi connectivity index (χ4n) is 4.73. The molecule has 0 spiro atoms. The zero-order valence-electron chi connectivity index (χ0n) is 17.8. The van der Waals surface area contributed by atoms with E-state index in [4.69, 9.17) is 23.2 Å². The maximum absolute atomic E-state index is 13.7. The minimum absolute atomic E-state index is 0.00661. The van der Waals surface area contributed by atoms with Crippen molar-refractivity contribution < 1.29 is 9.59 Å². The Bertz CT molecular complexity index is 922. The lowest BCUT2D eigenvalue weighted by Gasteiger charge is -2.45. The van der Waals surface area contributed by atoms with Crippen molar-refractivity contribution in [2.45, 2.75) is 51.1 Å². The molecule has 31 heavy (non-hydrogen) atoms. The summed E-state index contributed by atoms with van der Waals surface area (Å²) in [5.74, 6) is 0.722. The van der Waals surface area contributed by atoms with Crippen LogP contribution in [0.3, 0.4) is 0 Å². The van der Waals surface area contributed by atoms with Gasteiger partial charge in [0.1, 0.15) is 12.6 Å². The molecule has 2 aliphatic rings. The van der Waals surface area contributed by atoms with Gasteiger partial charge in [0.25, 0.3) is 5.91 Å². The predicted molar refractivity (Wildman–Crippen MR) is 124 cm³/mol. The normalized spacial score (nSPS) is 24.5. The van der Waals surface area contributed by atoms with Crippen LogP contribution in [0.15, 0.2) is 48.5 Å². The molecule has 1 saturated carbocycles. The first-order valence-corrected chi connectivity index (χ1v) is 11.8. The third-order valence-corrected chi connectivity index (χ3v) is 7.13. The van der Waals surface area contributed by atoms with Crippen LogP contribution in [0.2, 0.25) is 10.0 Å². The summed E-state index contributed by atoms with van der Waals surface area (Å²) in [6, 6.07) is 14.5. The molecule has 6 heteroatoms. The van der Waals surface area contributed by atoms with Crippen LogP contribution >= 0.6 is 23.2 Å². The Morgan fingerprint density at radius 3 is 2.06 bits per heavy atom. The van der Waals surface area contributed by atoms with Gasteiger partial charge in [0.05, 0.1) is 0 Å². The van der Waals surface area contributed by atoms with Crippen LogP contribution in [-0.4, -0.2) is 40.7 Å². The summed E-state index contributed by atoms with van der Waals surface area (Å²) in [6.07, 6.45) is 4.82. The molecular weight excluding hydrogens is 431 g/mol. The first-order chi connectivity index (χ1) is 14.9. The van der Waals surface area contributed by atoms with Crippen molar-refractivity contribution in [3.05, 3.63) is 69.7 Å². The minimum Gasteiger partial charge on any atom is -0.328 e. The van der Waals surface area contributed by atoms with Gasteiger partial charge in [0, 0.05) is 22.6 Å². The highest BCUT2D eigenvalue weighted by Crippen LogP contribution is 2.34. The van der Waals surface area contributed by atoms with Crippen LogP contribution in [0.25, 0.3) is 0 Å². The summed E-state index contributed by atoms with van der Waals surface area (Å²) >= 11 is 12.1. The molecule has 1 aliphatic heterocycles. The molecule has 1 aliphatic carbocycles. The average Bonchev–Trinajstić information content (AvgIpc) is 2.76. The summed E-state index contributed by atoms with van der Waals surface area (Å²) in [6.45, 7) is 2.91. The molecule has 0 unspecified atom stereocenters. The molecule has 0 bridgehead atoms. The molecule has 2 aromatic rings. The number of hydrogen-bond donors (Lipinski definition) is 0. The smallest absolute Gasteiger partial charge is 0.250 e. The van der Waals surface area contributed by atoms with Crippen LogP contribution in [-0.2, 0) is 16.0 Å². The van der Waals surface area contributed by atoms with Gasteiger partial charge in [-0.15, -0.1) is 0 Å². The van der Waals surface area contributed by atoms with Gasteiger partial charge in [-0.25, -0.2) is 0 Å². The number of halogens is 2. The highest BCUT2D eigenvalue weighted by Gasteiger charge is 2.43. The molecule has 0 N–H and O–H groups in total. The molecule has 2 aromatic carbocycles. The van der Waals surface area contributed by atoms with E-state index in [0.29, 0.717) is 28.9 Å². The SMILES string of the molecule is CC1CCC(N2CC(=O)N(CCc3ccc(Cl)cc3)[C@H](c3ccc(Cl)cc3)C2=O)CC1. The number of carbonyl (C=O) groups is 2. The fourth-order valence-corrected chi connectivity index (χ4v) is 4.99. The summed E-state index contributed by atoms with van der Waals surface area (Å²) < 4.78 is 0. The molecule has 0 aromatic heterocycles. The quantitative estimate of drug-likeness (QED) is 0.590. The molecule has 4 rings (SSSR count). The predicted octanol–water partition coefficient (Wildman–Crippen LogP) is 5.53. The molecule has 1 atom stereocenters. The van der Waals surface area contributed by atoms with Crippen molar-refractivity contribution in [2.75, 3.05) is 13.1 Å². The van der Waals surface area contributed by atoms with E-state index >= 15 is 0 Å². The third kappa shape index (κ3) is 5.07. The molecular formula is C25H28Cl2N2O2. The second-order valence-electron chi connectivity index (χ2n) is 8.80. The van der Waals surface area contributed by atoms with Gasteiger partial charge >= 0.3 is 0 Å². The summed E-state index contributed by atoms with van der Waals surface area (Å²) in [5.41, 5.74) is 1.90. The van der Waals surface area contributed by atoms with Crippen LogP contribution in [0.4, 0.5) is 0 Å². The number of hydrogen-bond acceptors (Lipinski definition) is 2. The molecule has 2 fully saturated rings. The standard InChI is InChI=1S/C25H28Cl2N2O2/c1-17-2-12-22(13-3-17)29-16-23(30)28(15-14-18-4-8-20(26)9-5-18)24(25(29)31)19-6-10-21(27)11-7-19/h4-11,17,22,24H,2-3,12-16H2,1H3/t17?,22?,24-/m1/s1.